The lowest BCUT2D eigenvalue weighted by Crippen LogP contribution is -2.12. The Morgan fingerprint density at radius 2 is 1.81 bits per heavy atom. The van der Waals surface area contributed by atoms with Crippen LogP contribution in [0.15, 0.2) is 36.4 Å². The zero-order valence-corrected chi connectivity index (χ0v) is 12.8. The second-order valence-electron chi connectivity index (χ2n) is 5.67. The molecule has 0 amide bonds. The van der Waals surface area contributed by atoms with E-state index in [1.807, 2.05) is 12.1 Å². The summed E-state index contributed by atoms with van der Waals surface area (Å²) in [6.07, 6.45) is 6.67. The fourth-order valence-electron chi connectivity index (χ4n) is 2.69. The van der Waals surface area contributed by atoms with Gasteiger partial charge in [0.05, 0.1) is 0 Å². The number of rotatable bonds is 6. The van der Waals surface area contributed by atoms with Crippen LogP contribution in [0.2, 0.25) is 0 Å². The first kappa shape index (κ1) is 15.6. The van der Waals surface area contributed by atoms with Gasteiger partial charge in [-0.25, -0.2) is 4.79 Å². The summed E-state index contributed by atoms with van der Waals surface area (Å²) in [5, 5.41) is 0. The van der Waals surface area contributed by atoms with Crippen molar-refractivity contribution in [1.82, 2.24) is 0 Å². The molecule has 0 N–H and O–H groups in total. The summed E-state index contributed by atoms with van der Waals surface area (Å²) < 4.78 is 10.6. The lowest BCUT2D eigenvalue weighted by molar-refractivity contribution is -0.139. The second-order valence-corrected chi connectivity index (χ2v) is 5.67. The van der Waals surface area contributed by atoms with Crippen LogP contribution in [-0.2, 0) is 9.53 Å². The maximum absolute atomic E-state index is 11.2. The van der Waals surface area contributed by atoms with Gasteiger partial charge < -0.3 is 9.47 Å². The molecule has 0 aromatic heterocycles. The number of carbonyl (C=O) groups is 1. The molecule has 0 spiro atoms. The minimum Gasteiger partial charge on any atom is -0.490 e. The van der Waals surface area contributed by atoms with Crippen molar-refractivity contribution < 1.29 is 14.3 Å². The molecule has 0 radical (unpaired) electrons. The molecule has 0 atom stereocenters. The summed E-state index contributed by atoms with van der Waals surface area (Å²) >= 11 is 0. The van der Waals surface area contributed by atoms with Gasteiger partial charge in [-0.15, -0.1) is 0 Å². The van der Waals surface area contributed by atoms with Crippen molar-refractivity contribution in [3.63, 3.8) is 0 Å². The molecule has 0 heterocycles. The van der Waals surface area contributed by atoms with Gasteiger partial charge in [0.15, 0.2) is 0 Å². The highest BCUT2D eigenvalue weighted by Gasteiger charge is 2.15. The Hall–Kier alpha value is -1.77. The highest BCUT2D eigenvalue weighted by molar-refractivity contribution is 5.86. The molecule has 1 aromatic rings. The second kappa shape index (κ2) is 7.87. The summed E-state index contributed by atoms with van der Waals surface area (Å²) in [6.45, 7) is 5.77. The van der Waals surface area contributed by atoms with E-state index in [0.29, 0.717) is 18.1 Å². The Morgan fingerprint density at radius 1 is 1.14 bits per heavy atom. The molecule has 0 unspecified atom stereocenters. The van der Waals surface area contributed by atoms with Crippen molar-refractivity contribution in [3.8, 4) is 5.75 Å². The van der Waals surface area contributed by atoms with E-state index < -0.39 is 0 Å². The maximum atomic E-state index is 11.2. The molecule has 1 aliphatic carbocycles. The van der Waals surface area contributed by atoms with Crippen LogP contribution in [0.4, 0.5) is 0 Å². The standard InChI is InChI=1S/C18H24O3/c1-14(2)18(19)21-13-12-20-17-10-8-16(9-11-17)15-6-4-3-5-7-15/h8-11,15H,1,3-7,12-13H2,2H3. The summed E-state index contributed by atoms with van der Waals surface area (Å²) in [6, 6.07) is 8.32. The molecule has 114 valence electrons. The highest BCUT2D eigenvalue weighted by atomic mass is 16.6. The van der Waals surface area contributed by atoms with E-state index in [4.69, 9.17) is 9.47 Å². The summed E-state index contributed by atoms with van der Waals surface area (Å²) in [7, 11) is 0. The largest absolute Gasteiger partial charge is 0.490 e. The number of hydrogen-bond donors (Lipinski definition) is 0. The summed E-state index contributed by atoms with van der Waals surface area (Å²) in [5.74, 6) is 1.16. The summed E-state index contributed by atoms with van der Waals surface area (Å²) in [4.78, 5) is 11.2. The van der Waals surface area contributed by atoms with Gasteiger partial charge in [0, 0.05) is 5.57 Å². The molecule has 2 rings (SSSR count). The summed E-state index contributed by atoms with van der Waals surface area (Å²) in [5.41, 5.74) is 1.82. The van der Waals surface area contributed by atoms with E-state index in [9.17, 15) is 4.79 Å². The third-order valence-electron chi connectivity index (χ3n) is 3.89. The number of carbonyl (C=O) groups excluding carboxylic acids is 1. The van der Waals surface area contributed by atoms with Crippen LogP contribution in [0.5, 0.6) is 5.75 Å². The van der Waals surface area contributed by atoms with Gasteiger partial charge in [-0.2, -0.15) is 0 Å². The van der Waals surface area contributed by atoms with E-state index in [-0.39, 0.29) is 12.6 Å². The molecule has 0 saturated heterocycles. The number of esters is 1. The van der Waals surface area contributed by atoms with Crippen molar-refractivity contribution in [3.05, 3.63) is 42.0 Å². The maximum Gasteiger partial charge on any atom is 0.333 e. The van der Waals surface area contributed by atoms with E-state index in [2.05, 4.69) is 18.7 Å². The molecule has 3 heteroatoms. The lowest BCUT2D eigenvalue weighted by atomic mass is 9.84. The Bertz CT molecular complexity index is 470. The first-order chi connectivity index (χ1) is 10.2. The van der Waals surface area contributed by atoms with Crippen molar-refractivity contribution in [2.75, 3.05) is 13.2 Å². The first-order valence-electron chi connectivity index (χ1n) is 7.72. The highest BCUT2D eigenvalue weighted by Crippen LogP contribution is 2.33. The average Bonchev–Trinajstić information content (AvgIpc) is 2.52. The van der Waals surface area contributed by atoms with E-state index >= 15 is 0 Å². The van der Waals surface area contributed by atoms with Gasteiger partial charge in [-0.3, -0.25) is 0 Å². The van der Waals surface area contributed by atoms with Crippen LogP contribution in [0.3, 0.4) is 0 Å². The van der Waals surface area contributed by atoms with Gasteiger partial charge in [-0.1, -0.05) is 38.0 Å². The first-order valence-corrected chi connectivity index (χ1v) is 7.72. The average molecular weight is 288 g/mol. The Balaban J connectivity index is 1.74. The van der Waals surface area contributed by atoms with Crippen LogP contribution in [0.25, 0.3) is 0 Å². The van der Waals surface area contributed by atoms with Crippen LogP contribution in [-0.4, -0.2) is 19.2 Å². The van der Waals surface area contributed by atoms with Crippen LogP contribution >= 0.6 is 0 Å². The number of hydrogen-bond acceptors (Lipinski definition) is 3. The zero-order valence-electron chi connectivity index (χ0n) is 12.8. The molecule has 3 nitrogen and oxygen atoms in total. The Morgan fingerprint density at radius 3 is 2.43 bits per heavy atom. The predicted molar refractivity (Wildman–Crippen MR) is 83.5 cm³/mol. The fourth-order valence-corrected chi connectivity index (χ4v) is 2.69. The Kier molecular flexibility index (Phi) is 5.85. The van der Waals surface area contributed by atoms with Crippen molar-refractivity contribution in [1.29, 1.82) is 0 Å². The predicted octanol–water partition coefficient (Wildman–Crippen LogP) is 4.23. The fraction of sp³-hybridized carbons (Fsp3) is 0.500. The van der Waals surface area contributed by atoms with Crippen molar-refractivity contribution in [2.24, 2.45) is 0 Å². The SMILES string of the molecule is C=C(C)C(=O)OCCOc1ccc(C2CCCCC2)cc1. The third kappa shape index (κ3) is 4.92. The molecule has 21 heavy (non-hydrogen) atoms. The van der Waals surface area contributed by atoms with Gasteiger partial charge in [0.2, 0.25) is 0 Å². The van der Waals surface area contributed by atoms with Gasteiger partial charge in [0.25, 0.3) is 0 Å². The zero-order chi connectivity index (χ0) is 15.1. The topological polar surface area (TPSA) is 35.5 Å². The molecule has 0 bridgehead atoms. The van der Waals surface area contributed by atoms with Crippen LogP contribution < -0.4 is 4.74 Å². The number of benzene rings is 1. The van der Waals surface area contributed by atoms with Gasteiger partial charge in [-0.05, 0) is 43.4 Å². The smallest absolute Gasteiger partial charge is 0.333 e. The van der Waals surface area contributed by atoms with Crippen LogP contribution in [0.1, 0.15) is 50.5 Å². The minimum absolute atomic E-state index is 0.246. The third-order valence-corrected chi connectivity index (χ3v) is 3.89. The Labute approximate surface area is 127 Å². The molecule has 0 aliphatic heterocycles. The molecular weight excluding hydrogens is 264 g/mol. The van der Waals surface area contributed by atoms with E-state index in [1.54, 1.807) is 6.92 Å². The van der Waals surface area contributed by atoms with Crippen molar-refractivity contribution >= 4 is 5.97 Å². The molecule has 1 aromatic carbocycles. The monoisotopic (exact) mass is 288 g/mol. The van der Waals surface area contributed by atoms with E-state index in [1.165, 1.54) is 37.7 Å². The van der Waals surface area contributed by atoms with E-state index in [0.717, 1.165) is 5.75 Å². The number of ether oxygens (including phenoxy) is 2. The van der Waals surface area contributed by atoms with Crippen molar-refractivity contribution in [2.45, 2.75) is 44.9 Å². The molecule has 1 fully saturated rings. The lowest BCUT2D eigenvalue weighted by Gasteiger charge is -2.22. The van der Waals surface area contributed by atoms with Gasteiger partial charge >= 0.3 is 5.97 Å². The van der Waals surface area contributed by atoms with Crippen LogP contribution in [0, 0.1) is 0 Å². The molecular formula is C18H24O3. The normalized spacial score (nSPS) is 15.5. The minimum atomic E-state index is -0.369. The quantitative estimate of drug-likeness (QED) is 0.446. The molecule has 1 aliphatic rings. The molecule has 1 saturated carbocycles. The van der Waals surface area contributed by atoms with Gasteiger partial charge in [0.1, 0.15) is 19.0 Å².